The number of imidazole rings is 1. The molecule has 4 heterocycles. The summed E-state index contributed by atoms with van der Waals surface area (Å²) < 4.78 is 7.42. The van der Waals surface area contributed by atoms with Crippen LogP contribution in [-0.2, 0) is 20.9 Å². The number of β-lactam (4-membered cyclic amide) rings is 1. The van der Waals surface area contributed by atoms with Gasteiger partial charge in [-0.1, -0.05) is 0 Å². The fourth-order valence-corrected chi connectivity index (χ4v) is 5.64. The number of aromatic nitrogens is 2. The van der Waals surface area contributed by atoms with Gasteiger partial charge in [-0.2, -0.15) is 0 Å². The Bertz CT molecular complexity index is 1320. The van der Waals surface area contributed by atoms with Crippen LogP contribution in [0.4, 0.5) is 5.69 Å². The molecule has 2 aliphatic heterocycles. The fraction of sp³-hybridized carbons (Fsp3) is 0.318. The van der Waals surface area contributed by atoms with Crippen molar-refractivity contribution in [2.24, 2.45) is 5.92 Å². The number of non-ortho nitro benzene ring substituents is 1. The van der Waals surface area contributed by atoms with Gasteiger partial charge in [-0.05, 0) is 38.0 Å². The predicted molar refractivity (Wildman–Crippen MR) is 118 cm³/mol. The SMILES string of the molecule is Cc1sc2cncn2c1C1=C(C(=O)OCc2ccc([N+](=O)[O-])cc2)N2C(=O)[C@H]([C@@H](C)O)[C@H]2C1. The van der Waals surface area contributed by atoms with Crippen LogP contribution in [0.3, 0.4) is 0 Å². The Labute approximate surface area is 191 Å². The lowest BCUT2D eigenvalue weighted by atomic mass is 9.83. The number of fused-ring (bicyclic) bond motifs is 2. The summed E-state index contributed by atoms with van der Waals surface area (Å²) in [5.41, 5.74) is 2.21. The Morgan fingerprint density at radius 3 is 2.79 bits per heavy atom. The first-order valence-electron chi connectivity index (χ1n) is 10.3. The molecule has 2 aromatic heterocycles. The molecule has 10 nitrogen and oxygen atoms in total. The molecule has 0 radical (unpaired) electrons. The lowest BCUT2D eigenvalue weighted by Crippen LogP contribution is -2.61. The van der Waals surface area contributed by atoms with Gasteiger partial charge in [0.1, 0.15) is 23.5 Å². The molecule has 11 heteroatoms. The molecule has 0 saturated carbocycles. The molecule has 3 aromatic rings. The molecular formula is C22H20N4O6S. The third-order valence-corrected chi connectivity index (χ3v) is 7.17. The van der Waals surface area contributed by atoms with E-state index in [1.54, 1.807) is 19.4 Å². The quantitative estimate of drug-likeness (QED) is 0.255. The second kappa shape index (κ2) is 7.78. The van der Waals surface area contributed by atoms with Gasteiger partial charge in [-0.3, -0.25) is 19.3 Å². The van der Waals surface area contributed by atoms with Crippen LogP contribution >= 0.6 is 11.3 Å². The highest BCUT2D eigenvalue weighted by Gasteiger charge is 2.57. The Hall–Kier alpha value is -3.57. The molecule has 0 unspecified atom stereocenters. The number of hydrogen-bond acceptors (Lipinski definition) is 8. The van der Waals surface area contributed by atoms with Crippen molar-refractivity contribution in [3.8, 4) is 0 Å². The third-order valence-electron chi connectivity index (χ3n) is 6.16. The summed E-state index contributed by atoms with van der Waals surface area (Å²) >= 11 is 1.54. The molecule has 33 heavy (non-hydrogen) atoms. The number of nitro benzene ring substituents is 1. The second-order valence-electron chi connectivity index (χ2n) is 8.18. The van der Waals surface area contributed by atoms with Crippen molar-refractivity contribution in [1.82, 2.24) is 14.3 Å². The van der Waals surface area contributed by atoms with Crippen LogP contribution < -0.4 is 0 Å². The van der Waals surface area contributed by atoms with E-state index in [0.29, 0.717) is 17.6 Å². The average molecular weight is 468 g/mol. The van der Waals surface area contributed by atoms with Crippen LogP contribution in [0, 0.1) is 23.0 Å². The Morgan fingerprint density at radius 1 is 1.39 bits per heavy atom. The first kappa shape index (κ1) is 21.3. The largest absolute Gasteiger partial charge is 0.456 e. The maximum absolute atomic E-state index is 13.2. The summed E-state index contributed by atoms with van der Waals surface area (Å²) in [5, 5.41) is 20.9. The number of aliphatic hydroxyl groups excluding tert-OH is 1. The second-order valence-corrected chi connectivity index (χ2v) is 9.42. The van der Waals surface area contributed by atoms with E-state index in [1.807, 2.05) is 11.3 Å². The van der Waals surface area contributed by atoms with Crippen molar-refractivity contribution in [3.63, 3.8) is 0 Å². The van der Waals surface area contributed by atoms with Crippen LogP contribution in [0.2, 0.25) is 0 Å². The minimum atomic E-state index is -0.827. The van der Waals surface area contributed by atoms with Crippen molar-refractivity contribution in [2.45, 2.75) is 39.0 Å². The number of ether oxygens (including phenoxy) is 1. The number of thiazole rings is 1. The Kier molecular flexibility index (Phi) is 5.02. The maximum Gasteiger partial charge on any atom is 0.355 e. The van der Waals surface area contributed by atoms with Gasteiger partial charge < -0.3 is 14.7 Å². The molecule has 1 N–H and O–H groups in total. The first-order valence-corrected chi connectivity index (χ1v) is 11.2. The summed E-state index contributed by atoms with van der Waals surface area (Å²) in [7, 11) is 0. The van der Waals surface area contributed by atoms with Crippen LogP contribution in [-0.4, -0.2) is 48.3 Å². The number of carbonyl (C=O) groups is 2. The Morgan fingerprint density at radius 2 is 2.12 bits per heavy atom. The fourth-order valence-electron chi connectivity index (χ4n) is 4.66. The summed E-state index contributed by atoms with van der Waals surface area (Å²) in [5.74, 6) is -1.53. The number of rotatable bonds is 6. The van der Waals surface area contributed by atoms with Gasteiger partial charge in [-0.15, -0.1) is 11.3 Å². The molecule has 0 bridgehead atoms. The van der Waals surface area contributed by atoms with Crippen LogP contribution in [0.25, 0.3) is 10.4 Å². The summed E-state index contributed by atoms with van der Waals surface area (Å²) in [4.78, 5) is 43.9. The van der Waals surface area contributed by atoms with E-state index in [1.165, 1.54) is 40.5 Å². The topological polar surface area (TPSA) is 127 Å². The van der Waals surface area contributed by atoms with Crippen molar-refractivity contribution < 1.29 is 24.4 Å². The number of carbonyl (C=O) groups excluding carboxylic acids is 2. The third kappa shape index (κ3) is 3.31. The monoisotopic (exact) mass is 468 g/mol. The number of esters is 1. The minimum Gasteiger partial charge on any atom is -0.456 e. The standard InChI is InChI=1S/C22H20N4O6S/c1-11(27)18-16-7-15(19-12(2)33-17-8-23-10-24(17)19)20(25(16)21(18)28)22(29)32-9-13-3-5-14(6-4-13)26(30)31/h3-6,8,10-11,16,18,27H,7,9H2,1-2H3/t11-,16-,18-/m1/s1. The van der Waals surface area contributed by atoms with E-state index >= 15 is 0 Å². The zero-order valence-electron chi connectivity index (χ0n) is 17.8. The molecule has 2 aliphatic rings. The highest BCUT2D eigenvalue weighted by molar-refractivity contribution is 7.17. The lowest BCUT2D eigenvalue weighted by molar-refractivity contribution is -0.384. The van der Waals surface area contributed by atoms with Gasteiger partial charge >= 0.3 is 5.97 Å². The number of nitrogens with zero attached hydrogens (tertiary/aromatic N) is 4. The molecule has 1 saturated heterocycles. The van der Waals surface area contributed by atoms with Crippen LogP contribution in [0.5, 0.6) is 0 Å². The molecule has 0 spiro atoms. The van der Waals surface area contributed by atoms with E-state index in [4.69, 9.17) is 4.74 Å². The highest BCUT2D eigenvalue weighted by atomic mass is 32.1. The van der Waals surface area contributed by atoms with E-state index in [9.17, 15) is 24.8 Å². The van der Waals surface area contributed by atoms with E-state index in [-0.39, 0.29) is 29.9 Å². The molecular weight excluding hydrogens is 448 g/mol. The molecule has 3 atom stereocenters. The summed E-state index contributed by atoms with van der Waals surface area (Å²) in [6.07, 6.45) is 3.01. The number of nitro groups is 1. The lowest BCUT2D eigenvalue weighted by Gasteiger charge is -2.44. The number of benzene rings is 1. The van der Waals surface area contributed by atoms with Crippen molar-refractivity contribution in [1.29, 1.82) is 0 Å². The molecule has 0 aliphatic carbocycles. The number of aliphatic hydroxyl groups is 1. The predicted octanol–water partition coefficient (Wildman–Crippen LogP) is 2.68. The summed E-state index contributed by atoms with van der Waals surface area (Å²) in [6.45, 7) is 3.43. The summed E-state index contributed by atoms with van der Waals surface area (Å²) in [6, 6.07) is 5.42. The Balaban J connectivity index is 1.48. The van der Waals surface area contributed by atoms with Gasteiger partial charge in [0.2, 0.25) is 5.91 Å². The normalized spacial score (nSPS) is 20.7. The molecule has 170 valence electrons. The number of hydrogen-bond donors (Lipinski definition) is 1. The molecule has 1 aromatic carbocycles. The van der Waals surface area contributed by atoms with Gasteiger partial charge in [0.05, 0.1) is 34.9 Å². The van der Waals surface area contributed by atoms with E-state index < -0.39 is 22.9 Å². The van der Waals surface area contributed by atoms with Crippen molar-refractivity contribution in [2.75, 3.05) is 0 Å². The molecule has 1 amide bonds. The maximum atomic E-state index is 13.2. The van der Waals surface area contributed by atoms with Gasteiger partial charge in [0.15, 0.2) is 0 Å². The van der Waals surface area contributed by atoms with E-state index in [2.05, 4.69) is 4.98 Å². The molecule has 5 rings (SSSR count). The number of amides is 1. The van der Waals surface area contributed by atoms with Crippen LogP contribution in [0.15, 0.2) is 42.5 Å². The minimum absolute atomic E-state index is 0.0543. The first-order chi connectivity index (χ1) is 15.8. The van der Waals surface area contributed by atoms with Gasteiger partial charge in [-0.25, -0.2) is 9.78 Å². The zero-order chi connectivity index (χ0) is 23.4. The van der Waals surface area contributed by atoms with Crippen LogP contribution in [0.1, 0.15) is 29.5 Å². The van der Waals surface area contributed by atoms with Gasteiger partial charge in [0, 0.05) is 22.6 Å². The number of aryl methyl sites for hydroxylation is 1. The van der Waals surface area contributed by atoms with Crippen molar-refractivity contribution in [3.05, 3.63) is 68.7 Å². The highest BCUT2D eigenvalue weighted by Crippen LogP contribution is 2.48. The van der Waals surface area contributed by atoms with Gasteiger partial charge in [0.25, 0.3) is 5.69 Å². The smallest absolute Gasteiger partial charge is 0.355 e. The molecule has 1 fully saturated rings. The zero-order valence-corrected chi connectivity index (χ0v) is 18.6. The van der Waals surface area contributed by atoms with E-state index in [0.717, 1.165) is 15.4 Å². The average Bonchev–Trinajstić information content (AvgIpc) is 3.43. The van der Waals surface area contributed by atoms with Crippen molar-refractivity contribution >= 4 is 39.3 Å².